The minimum Gasteiger partial charge on any atom is -0.478 e. The van der Waals surface area contributed by atoms with Crippen LogP contribution in [0.3, 0.4) is 0 Å². The number of hydrogen-bond donors (Lipinski definition) is 2. The summed E-state index contributed by atoms with van der Waals surface area (Å²) < 4.78 is 161. The monoisotopic (exact) mass is 1170 g/mol. The summed E-state index contributed by atoms with van der Waals surface area (Å²) in [5.74, 6) is -3.87. The number of carbonyl (C=O) groups excluding carboxylic acids is 1. The van der Waals surface area contributed by atoms with Gasteiger partial charge in [0.25, 0.3) is 0 Å². The van der Waals surface area contributed by atoms with Gasteiger partial charge in [0.2, 0.25) is 26.0 Å². The van der Waals surface area contributed by atoms with Gasteiger partial charge >= 0.3 is 18.7 Å². The summed E-state index contributed by atoms with van der Waals surface area (Å²) in [4.78, 5) is 29.3. The van der Waals surface area contributed by atoms with Crippen LogP contribution in [0.5, 0.6) is 11.5 Å². The van der Waals surface area contributed by atoms with Crippen molar-refractivity contribution in [3.63, 3.8) is 0 Å². The lowest BCUT2D eigenvalue weighted by molar-refractivity contribution is -0.275. The number of nitrogens with one attached hydrogen (secondary N) is 1. The van der Waals surface area contributed by atoms with Gasteiger partial charge in [0.05, 0.1) is 19.8 Å². The molecule has 0 aliphatic carbocycles. The Bertz CT molecular complexity index is 3020. The number of rotatable bonds is 14. The van der Waals surface area contributed by atoms with Gasteiger partial charge in [0, 0.05) is 104 Å². The van der Waals surface area contributed by atoms with Crippen molar-refractivity contribution in [1.82, 2.24) is 28.6 Å². The number of nitrogens with zero attached hydrogens (tertiary/aromatic N) is 5. The van der Waals surface area contributed by atoms with E-state index in [1.165, 1.54) is 64.8 Å². The Labute approximate surface area is 450 Å². The minimum atomic E-state index is -5.05. The fraction of sp³-hybridized carbons (Fsp3) is 0.400. The topological polar surface area (TPSA) is 169 Å². The quantitative estimate of drug-likeness (QED) is 0.0911. The lowest BCUT2D eigenvalue weighted by atomic mass is 10.1. The van der Waals surface area contributed by atoms with Gasteiger partial charge in [-0.05, 0) is 109 Å². The van der Waals surface area contributed by atoms with E-state index in [4.69, 9.17) is 28.3 Å². The van der Waals surface area contributed by atoms with Crippen LogP contribution in [0, 0.1) is 11.6 Å². The first-order chi connectivity index (χ1) is 35.9. The highest BCUT2D eigenvalue weighted by Gasteiger charge is 2.42. The average molecular weight is 1170 g/mol. The van der Waals surface area contributed by atoms with Crippen LogP contribution in [0.1, 0.15) is 47.9 Å². The Morgan fingerprint density at radius 1 is 0.636 bits per heavy atom. The Kier molecular flexibility index (Phi) is 19.9. The molecule has 27 heteroatoms. The molecule has 4 unspecified atom stereocenters. The van der Waals surface area contributed by atoms with E-state index in [1.54, 1.807) is 29.2 Å². The van der Waals surface area contributed by atoms with Gasteiger partial charge in [-0.3, -0.25) is 14.6 Å². The van der Waals surface area contributed by atoms with Crippen LogP contribution in [0.15, 0.2) is 94.7 Å². The molecule has 4 bridgehead atoms. The van der Waals surface area contributed by atoms with Crippen LogP contribution >= 0.6 is 23.2 Å². The summed E-state index contributed by atoms with van der Waals surface area (Å²) in [5.41, 5.74) is 1.69. The zero-order chi connectivity index (χ0) is 56.8. The predicted octanol–water partition coefficient (Wildman–Crippen LogP) is 8.87. The van der Waals surface area contributed by atoms with Gasteiger partial charge in [0.15, 0.2) is 0 Å². The molecule has 4 atom stereocenters. The summed E-state index contributed by atoms with van der Waals surface area (Å²) in [6, 6.07) is 17.5. The molecule has 77 heavy (non-hydrogen) atoms. The number of aliphatic carboxylic acids is 1. The summed E-state index contributed by atoms with van der Waals surface area (Å²) in [5, 5.41) is 11.1. The number of sulfonamides is 2. The average Bonchev–Trinajstić information content (AvgIpc) is 3.82. The van der Waals surface area contributed by atoms with E-state index >= 15 is 0 Å². The third kappa shape index (κ3) is 16.8. The van der Waals surface area contributed by atoms with E-state index in [2.05, 4.69) is 24.6 Å². The van der Waals surface area contributed by atoms with Crippen LogP contribution in [0.4, 0.5) is 35.1 Å². The molecule has 420 valence electrons. The third-order valence-electron chi connectivity index (χ3n) is 12.7. The first-order valence-electron chi connectivity index (χ1n) is 23.5. The number of carboxylic acids is 1. The van der Waals surface area contributed by atoms with Crippen LogP contribution in [-0.4, -0.2) is 148 Å². The third-order valence-corrected chi connectivity index (χ3v) is 17.0. The van der Waals surface area contributed by atoms with Crippen molar-refractivity contribution in [2.24, 2.45) is 0 Å². The Balaban J connectivity index is 0.000000208. The van der Waals surface area contributed by atoms with Gasteiger partial charge in [-0.15, -0.1) is 26.3 Å². The molecule has 4 saturated heterocycles. The van der Waals surface area contributed by atoms with E-state index < -0.39 is 65.2 Å². The number of ether oxygens (including phenoxy) is 2. The molecule has 0 spiro atoms. The number of halogens is 10. The van der Waals surface area contributed by atoms with Gasteiger partial charge in [-0.1, -0.05) is 47.5 Å². The van der Waals surface area contributed by atoms with Crippen LogP contribution < -0.4 is 14.8 Å². The first kappa shape index (κ1) is 60.8. The van der Waals surface area contributed by atoms with Crippen LogP contribution in [0.25, 0.3) is 12.2 Å². The second kappa shape index (κ2) is 25.2. The van der Waals surface area contributed by atoms with Gasteiger partial charge in [-0.2, -0.15) is 0 Å². The molecule has 2 N–H and O–H groups in total. The zero-order valence-corrected chi connectivity index (χ0v) is 44.8. The highest BCUT2D eigenvalue weighted by Crippen LogP contribution is 2.38. The number of hydrogen-bond acceptors (Lipinski definition) is 11. The normalized spacial score (nSPS) is 20.1. The van der Waals surface area contributed by atoms with Gasteiger partial charge in [-0.25, -0.2) is 39.0 Å². The number of fused-ring (bicyclic) bond motifs is 4. The van der Waals surface area contributed by atoms with Gasteiger partial charge < -0.3 is 24.8 Å². The number of carboxylic acid groups (broad SMARTS) is 1. The Morgan fingerprint density at radius 3 is 1.38 bits per heavy atom. The Hall–Kier alpha value is -5.38. The van der Waals surface area contributed by atoms with Crippen molar-refractivity contribution in [3.05, 3.63) is 129 Å². The van der Waals surface area contributed by atoms with E-state index in [1.807, 2.05) is 12.1 Å². The zero-order valence-electron chi connectivity index (χ0n) is 41.7. The maximum atomic E-state index is 13.2. The van der Waals surface area contributed by atoms with E-state index in [9.17, 15) is 61.5 Å². The molecule has 0 radical (unpaired) electrons. The van der Waals surface area contributed by atoms with Crippen molar-refractivity contribution in [1.29, 1.82) is 0 Å². The molecular formula is C50H54Cl2F8N6O9S2. The second-order valence-corrected chi connectivity index (χ2v) is 23.8. The molecule has 8 rings (SSSR count). The van der Waals surface area contributed by atoms with Crippen molar-refractivity contribution in [2.45, 2.75) is 85.5 Å². The van der Waals surface area contributed by atoms with Gasteiger partial charge in [0.1, 0.15) is 23.1 Å². The number of benzene rings is 4. The molecule has 4 fully saturated rings. The molecule has 4 aliphatic heterocycles. The fourth-order valence-corrected chi connectivity index (χ4v) is 11.9. The van der Waals surface area contributed by atoms with Crippen molar-refractivity contribution < 1.29 is 76.1 Å². The number of alkyl halides is 6. The Morgan fingerprint density at radius 2 is 1.01 bits per heavy atom. The molecule has 4 aromatic rings. The SMILES string of the molecule is CN(C)S(=O)(=O)c1cc(Cl)c(OC(F)(F)F)cc1/C=C/C(=O)N1C2CCC1CN(Cc1ccc(F)cc1)C2.CN(C)S(=O)(=O)c1cc(Cl)c(OC(F)(F)F)cc1/C=C/C(=O)O.Fc1ccc(CN2CC3CCC(C2)N3)cc1. The fourth-order valence-electron chi connectivity index (χ4n) is 9.21. The molecule has 4 aromatic carbocycles. The molecule has 4 aliphatic rings. The van der Waals surface area contributed by atoms with Crippen molar-refractivity contribution >= 4 is 67.3 Å². The predicted molar refractivity (Wildman–Crippen MR) is 271 cm³/mol. The van der Waals surface area contributed by atoms with Crippen LogP contribution in [-0.2, 0) is 42.7 Å². The molecular weight excluding hydrogens is 1120 g/mol. The van der Waals surface area contributed by atoms with Crippen LogP contribution in [0.2, 0.25) is 10.0 Å². The first-order valence-corrected chi connectivity index (χ1v) is 27.2. The van der Waals surface area contributed by atoms with Crippen molar-refractivity contribution in [2.75, 3.05) is 54.4 Å². The maximum Gasteiger partial charge on any atom is 0.573 e. The molecule has 0 aromatic heterocycles. The smallest absolute Gasteiger partial charge is 0.478 e. The standard InChI is InChI=1S/C25H26ClF4N3O4S.C13H17FN2.C12H11ClF3NO5S/c1-31(2)38(35,36)23-12-21(26)22(37-25(28,29)30)11-17(23)5-10-24(34)33-19-8-9-20(33)15-32(14-19)13-16-3-6-18(27)7-4-16;14-11-3-1-10(2-4-11)7-16-8-12-5-6-13(9-16)15-12;1-17(2)23(20,21)10-6-8(13)9(22-12(14,15)16)5-7(10)3-4-11(18)19/h3-7,10-12,19-20H,8-9,13-15H2,1-2H3;1-4,12-13,15H,5-9H2;3-6H,1-2H3,(H,18,19)/b10-5+;;4-3+. The second-order valence-electron chi connectivity index (χ2n) is 18.7. The largest absolute Gasteiger partial charge is 0.573 e. The lowest BCUT2D eigenvalue weighted by Crippen LogP contribution is -2.55. The number of carbonyl (C=O) groups is 2. The molecule has 4 heterocycles. The lowest BCUT2D eigenvalue weighted by Gasteiger charge is -2.40. The van der Waals surface area contributed by atoms with E-state index in [0.717, 1.165) is 77.0 Å². The number of piperazine rings is 2. The summed E-state index contributed by atoms with van der Waals surface area (Å²) >= 11 is 11.5. The van der Waals surface area contributed by atoms with E-state index in [-0.39, 0.29) is 45.6 Å². The van der Waals surface area contributed by atoms with Crippen molar-refractivity contribution in [3.8, 4) is 11.5 Å². The molecule has 1 amide bonds. The molecule has 0 saturated carbocycles. The maximum absolute atomic E-state index is 13.2. The summed E-state index contributed by atoms with van der Waals surface area (Å²) in [6.45, 7) is 5.05. The number of likely N-dealkylation sites (tertiary alicyclic amines) is 2. The summed E-state index contributed by atoms with van der Waals surface area (Å²) in [6.07, 6.45) is -2.15. The minimum absolute atomic E-state index is 0.0781. The highest BCUT2D eigenvalue weighted by molar-refractivity contribution is 7.89. The highest BCUT2D eigenvalue weighted by atomic mass is 35.5. The summed E-state index contributed by atoms with van der Waals surface area (Å²) in [7, 11) is -3.23. The van der Waals surface area contributed by atoms with E-state index in [0.29, 0.717) is 43.9 Å². The molecule has 15 nitrogen and oxygen atoms in total. The number of amides is 1.